The number of thioether (sulfide) groups is 1. The Balaban J connectivity index is 2.17. The summed E-state index contributed by atoms with van der Waals surface area (Å²) in [5, 5.41) is 2.11. The molecular weight excluding hydrogens is 230 g/mol. The van der Waals surface area contributed by atoms with E-state index in [4.69, 9.17) is 0 Å². The lowest BCUT2D eigenvalue weighted by Gasteiger charge is -1.95. The van der Waals surface area contributed by atoms with Gasteiger partial charge in [-0.2, -0.15) is 0 Å². The molecule has 0 amide bonds. The molecule has 0 atom stereocenters. The Hall–Kier alpha value is -1.55. The molecule has 0 fully saturated rings. The van der Waals surface area contributed by atoms with Crippen molar-refractivity contribution in [3.63, 3.8) is 0 Å². The monoisotopic (exact) mass is 243 g/mol. The van der Waals surface area contributed by atoms with Crippen LogP contribution < -0.4 is 0 Å². The van der Waals surface area contributed by atoms with Crippen molar-refractivity contribution in [2.75, 3.05) is 5.75 Å². The smallest absolute Gasteiger partial charge is 0.166 e. The van der Waals surface area contributed by atoms with Crippen LogP contribution in [0.4, 0.5) is 0 Å². The summed E-state index contributed by atoms with van der Waals surface area (Å²) in [5.74, 6) is 1.09. The van der Waals surface area contributed by atoms with Crippen molar-refractivity contribution in [2.24, 2.45) is 0 Å². The molecular formula is C13H13N3S. The Bertz CT molecular complexity index is 660. The number of aromatic nitrogens is 3. The van der Waals surface area contributed by atoms with Crippen molar-refractivity contribution < 1.29 is 0 Å². The van der Waals surface area contributed by atoms with Crippen LogP contribution in [0.3, 0.4) is 0 Å². The second kappa shape index (κ2) is 4.37. The van der Waals surface area contributed by atoms with E-state index in [2.05, 4.69) is 27.9 Å². The minimum Gasteiger partial charge on any atom is -0.333 e. The van der Waals surface area contributed by atoms with Gasteiger partial charge < -0.3 is 4.98 Å². The summed E-state index contributed by atoms with van der Waals surface area (Å²) >= 11 is 1.77. The standard InChI is InChI=1S/C13H13N3S/c1-2-8-17-13-15-11-6-5-10-9(12(11)16-13)4-3-7-14-10/h3-7H,2,8H2,1H3,(H,15,16). The highest BCUT2D eigenvalue weighted by Crippen LogP contribution is 2.25. The number of nitrogens with one attached hydrogen (secondary N) is 1. The predicted molar refractivity (Wildman–Crippen MR) is 72.4 cm³/mol. The maximum absolute atomic E-state index is 4.65. The Morgan fingerprint density at radius 3 is 3.12 bits per heavy atom. The first-order chi connectivity index (χ1) is 8.38. The summed E-state index contributed by atoms with van der Waals surface area (Å²) in [6.45, 7) is 2.18. The molecule has 0 radical (unpaired) electrons. The fourth-order valence-corrected chi connectivity index (χ4v) is 2.61. The first-order valence-electron chi connectivity index (χ1n) is 5.74. The zero-order chi connectivity index (χ0) is 11.7. The van der Waals surface area contributed by atoms with Gasteiger partial charge in [0.15, 0.2) is 5.16 Å². The third-order valence-electron chi connectivity index (χ3n) is 2.65. The van der Waals surface area contributed by atoms with Gasteiger partial charge in [-0.3, -0.25) is 4.98 Å². The highest BCUT2D eigenvalue weighted by molar-refractivity contribution is 7.99. The van der Waals surface area contributed by atoms with E-state index < -0.39 is 0 Å². The minimum absolute atomic E-state index is 0.998. The largest absolute Gasteiger partial charge is 0.333 e. The molecule has 0 saturated heterocycles. The van der Waals surface area contributed by atoms with Crippen molar-refractivity contribution in [3.8, 4) is 0 Å². The second-order valence-corrected chi connectivity index (χ2v) is 5.01. The molecule has 1 N–H and O–H groups in total. The van der Waals surface area contributed by atoms with Crippen molar-refractivity contribution in [2.45, 2.75) is 18.5 Å². The van der Waals surface area contributed by atoms with Gasteiger partial charge in [0.25, 0.3) is 0 Å². The second-order valence-electron chi connectivity index (χ2n) is 3.92. The fourth-order valence-electron chi connectivity index (χ4n) is 1.87. The van der Waals surface area contributed by atoms with E-state index in [9.17, 15) is 0 Å². The van der Waals surface area contributed by atoms with Crippen LogP contribution in [0.15, 0.2) is 35.6 Å². The van der Waals surface area contributed by atoms with E-state index in [0.29, 0.717) is 0 Å². The molecule has 3 nitrogen and oxygen atoms in total. The molecule has 0 aliphatic carbocycles. The summed E-state index contributed by atoms with van der Waals surface area (Å²) in [4.78, 5) is 12.3. The predicted octanol–water partition coefficient (Wildman–Crippen LogP) is 3.61. The van der Waals surface area contributed by atoms with Crippen LogP contribution in [0.25, 0.3) is 21.9 Å². The van der Waals surface area contributed by atoms with Gasteiger partial charge in [-0.05, 0) is 30.7 Å². The number of hydrogen-bond acceptors (Lipinski definition) is 3. The quantitative estimate of drug-likeness (QED) is 0.714. The molecule has 4 heteroatoms. The Morgan fingerprint density at radius 1 is 1.29 bits per heavy atom. The van der Waals surface area contributed by atoms with Gasteiger partial charge in [-0.1, -0.05) is 18.7 Å². The van der Waals surface area contributed by atoms with E-state index in [1.807, 2.05) is 24.4 Å². The van der Waals surface area contributed by atoms with Crippen molar-refractivity contribution >= 4 is 33.7 Å². The summed E-state index contributed by atoms with van der Waals surface area (Å²) in [6.07, 6.45) is 2.97. The average Bonchev–Trinajstić information content (AvgIpc) is 2.79. The van der Waals surface area contributed by atoms with E-state index in [-0.39, 0.29) is 0 Å². The number of nitrogens with zero attached hydrogens (tertiary/aromatic N) is 2. The molecule has 3 aromatic rings. The molecule has 2 aromatic heterocycles. The number of aromatic amines is 1. The van der Waals surface area contributed by atoms with Crippen LogP contribution in [-0.4, -0.2) is 20.7 Å². The number of hydrogen-bond donors (Lipinski definition) is 1. The van der Waals surface area contributed by atoms with E-state index in [1.165, 1.54) is 0 Å². The zero-order valence-corrected chi connectivity index (χ0v) is 10.4. The Morgan fingerprint density at radius 2 is 2.24 bits per heavy atom. The molecule has 2 heterocycles. The molecule has 0 saturated carbocycles. The van der Waals surface area contributed by atoms with E-state index in [1.54, 1.807) is 11.8 Å². The van der Waals surface area contributed by atoms with Crippen LogP contribution in [0.2, 0.25) is 0 Å². The fraction of sp³-hybridized carbons (Fsp3) is 0.231. The lowest BCUT2D eigenvalue weighted by atomic mass is 10.2. The first kappa shape index (κ1) is 10.6. The Labute approximate surface area is 104 Å². The SMILES string of the molecule is CCCSc1nc2c(ccc3ncccc32)[nH]1. The van der Waals surface area contributed by atoms with Gasteiger partial charge in [0.2, 0.25) is 0 Å². The van der Waals surface area contributed by atoms with Crippen molar-refractivity contribution in [3.05, 3.63) is 30.5 Å². The van der Waals surface area contributed by atoms with E-state index in [0.717, 1.165) is 39.3 Å². The molecule has 17 heavy (non-hydrogen) atoms. The maximum atomic E-state index is 4.65. The first-order valence-corrected chi connectivity index (χ1v) is 6.73. The normalized spacial score (nSPS) is 11.4. The molecule has 0 spiro atoms. The molecule has 0 unspecified atom stereocenters. The summed E-state index contributed by atoms with van der Waals surface area (Å²) in [6, 6.07) is 8.10. The number of rotatable bonds is 3. The Kier molecular flexibility index (Phi) is 2.73. The van der Waals surface area contributed by atoms with Crippen LogP contribution >= 0.6 is 11.8 Å². The van der Waals surface area contributed by atoms with Crippen LogP contribution in [0.5, 0.6) is 0 Å². The van der Waals surface area contributed by atoms with Gasteiger partial charge >= 0.3 is 0 Å². The molecule has 0 bridgehead atoms. The molecule has 3 rings (SSSR count). The van der Waals surface area contributed by atoms with Crippen LogP contribution in [0, 0.1) is 0 Å². The van der Waals surface area contributed by atoms with Gasteiger partial charge in [0.1, 0.15) is 0 Å². The highest BCUT2D eigenvalue weighted by Gasteiger charge is 2.06. The lowest BCUT2D eigenvalue weighted by molar-refractivity contribution is 1.05. The van der Waals surface area contributed by atoms with Crippen LogP contribution in [0.1, 0.15) is 13.3 Å². The maximum Gasteiger partial charge on any atom is 0.166 e. The number of H-pyrrole nitrogens is 1. The molecule has 0 aliphatic heterocycles. The topological polar surface area (TPSA) is 41.6 Å². The summed E-state index contributed by atoms with van der Waals surface area (Å²) in [7, 11) is 0. The molecule has 0 aliphatic rings. The van der Waals surface area contributed by atoms with Gasteiger partial charge in [-0.25, -0.2) is 4.98 Å². The lowest BCUT2D eigenvalue weighted by Crippen LogP contribution is -1.79. The average molecular weight is 243 g/mol. The van der Waals surface area contributed by atoms with E-state index >= 15 is 0 Å². The summed E-state index contributed by atoms with van der Waals surface area (Å²) < 4.78 is 0. The third-order valence-corrected chi connectivity index (χ3v) is 3.73. The minimum atomic E-state index is 0.998. The number of benzene rings is 1. The van der Waals surface area contributed by atoms with Crippen LogP contribution in [-0.2, 0) is 0 Å². The van der Waals surface area contributed by atoms with Crippen molar-refractivity contribution in [1.82, 2.24) is 15.0 Å². The molecule has 1 aromatic carbocycles. The van der Waals surface area contributed by atoms with Gasteiger partial charge in [0, 0.05) is 17.3 Å². The number of pyridine rings is 1. The highest BCUT2D eigenvalue weighted by atomic mass is 32.2. The van der Waals surface area contributed by atoms with Gasteiger partial charge in [0.05, 0.1) is 16.6 Å². The third kappa shape index (κ3) is 1.89. The zero-order valence-electron chi connectivity index (χ0n) is 9.60. The number of imidazole rings is 1. The van der Waals surface area contributed by atoms with Gasteiger partial charge in [-0.15, -0.1) is 0 Å². The summed E-state index contributed by atoms with van der Waals surface area (Å²) in [5.41, 5.74) is 3.11. The number of fused-ring (bicyclic) bond motifs is 3. The van der Waals surface area contributed by atoms with Crippen molar-refractivity contribution in [1.29, 1.82) is 0 Å². The molecule has 86 valence electrons.